The molecular formula is C37H61NO9S. The molecular weight excluding hydrogens is 634 g/mol. The van der Waals surface area contributed by atoms with Crippen LogP contribution >= 0.6 is 0 Å². The van der Waals surface area contributed by atoms with Gasteiger partial charge in [-0.15, -0.1) is 0 Å². The number of nitrogens with zero attached hydrogens (tertiary/aromatic N) is 1. The largest absolute Gasteiger partial charge is 0.457 e. The van der Waals surface area contributed by atoms with Crippen LogP contribution < -0.4 is 0 Å². The Labute approximate surface area is 288 Å². The first-order valence-corrected chi connectivity index (χ1v) is 20.4. The van der Waals surface area contributed by atoms with E-state index in [-0.39, 0.29) is 57.7 Å². The Kier molecular flexibility index (Phi) is 8.22. The van der Waals surface area contributed by atoms with Gasteiger partial charge in [-0.1, -0.05) is 34.6 Å². The maximum atomic E-state index is 12.5. The number of carbonyl (C=O) groups excluding carboxylic acids is 1. The van der Waals surface area contributed by atoms with Gasteiger partial charge < -0.3 is 29.2 Å². The number of hydrogen-bond donors (Lipinski definition) is 2. The topological polar surface area (TPSA) is 132 Å². The van der Waals surface area contributed by atoms with E-state index in [0.717, 1.165) is 32.1 Å². The van der Waals surface area contributed by atoms with Gasteiger partial charge in [0.15, 0.2) is 12.4 Å². The lowest BCUT2D eigenvalue weighted by Crippen LogP contribution is -2.60. The Morgan fingerprint density at radius 1 is 1.04 bits per heavy atom. The van der Waals surface area contributed by atoms with Crippen molar-refractivity contribution in [1.82, 2.24) is 4.31 Å². The molecule has 2 aliphatic heterocycles. The zero-order chi connectivity index (χ0) is 35.0. The van der Waals surface area contributed by atoms with Crippen LogP contribution in [0.1, 0.15) is 107 Å². The maximum absolute atomic E-state index is 12.5. The molecule has 5 aliphatic carbocycles. The monoisotopic (exact) mass is 695 g/mol. The van der Waals surface area contributed by atoms with Gasteiger partial charge in [0, 0.05) is 18.9 Å². The predicted molar refractivity (Wildman–Crippen MR) is 179 cm³/mol. The third kappa shape index (κ3) is 4.83. The zero-order valence-electron chi connectivity index (χ0n) is 30.7. The number of fused-ring (bicyclic) bond motifs is 4. The number of sulfonamides is 1. The number of carbonyl (C=O) groups is 1. The molecule has 274 valence electrons. The molecule has 0 bridgehead atoms. The number of morpholine rings is 1. The molecule has 14 unspecified atom stereocenters. The summed E-state index contributed by atoms with van der Waals surface area (Å²) >= 11 is 0. The third-order valence-corrected chi connectivity index (χ3v) is 17.1. The first kappa shape index (κ1) is 35.6. The molecule has 7 rings (SSSR count). The summed E-state index contributed by atoms with van der Waals surface area (Å²) in [6.45, 7) is 17.4. The highest BCUT2D eigenvalue weighted by Gasteiger charge is 2.84. The molecule has 7 aliphatic rings. The molecule has 0 aromatic carbocycles. The van der Waals surface area contributed by atoms with E-state index in [1.54, 1.807) is 13.8 Å². The van der Waals surface area contributed by atoms with E-state index in [1.807, 2.05) is 0 Å². The molecule has 7 fully saturated rings. The van der Waals surface area contributed by atoms with E-state index in [4.69, 9.17) is 18.9 Å². The van der Waals surface area contributed by atoms with Crippen LogP contribution in [0, 0.1) is 50.7 Å². The van der Waals surface area contributed by atoms with Gasteiger partial charge in [0.05, 0.1) is 49.4 Å². The van der Waals surface area contributed by atoms with Crippen LogP contribution in [0.4, 0.5) is 0 Å². The molecule has 10 nitrogen and oxygen atoms in total. The van der Waals surface area contributed by atoms with Gasteiger partial charge in [-0.3, -0.25) is 4.79 Å². The summed E-state index contributed by atoms with van der Waals surface area (Å²) in [6.07, 6.45) is 6.62. The summed E-state index contributed by atoms with van der Waals surface area (Å²) < 4.78 is 51.1. The Hall–Kier alpha value is -0.820. The van der Waals surface area contributed by atoms with Crippen molar-refractivity contribution in [3.8, 4) is 0 Å². The molecule has 14 atom stereocenters. The summed E-state index contributed by atoms with van der Waals surface area (Å²) in [7, 11) is -3.30. The number of hydrogen-bond acceptors (Lipinski definition) is 9. The van der Waals surface area contributed by atoms with Crippen molar-refractivity contribution in [2.75, 3.05) is 26.0 Å². The van der Waals surface area contributed by atoms with Crippen LogP contribution in [0.3, 0.4) is 0 Å². The molecule has 0 aromatic heterocycles. The fourth-order valence-corrected chi connectivity index (χ4v) is 14.6. The van der Waals surface area contributed by atoms with Gasteiger partial charge in [-0.2, -0.15) is 4.31 Å². The maximum Gasteiger partial charge on any atom is 0.303 e. The summed E-state index contributed by atoms with van der Waals surface area (Å²) in [5.41, 5.74) is -1.39. The van der Waals surface area contributed by atoms with Crippen LogP contribution in [-0.2, 0) is 33.8 Å². The van der Waals surface area contributed by atoms with Crippen molar-refractivity contribution in [1.29, 1.82) is 0 Å². The van der Waals surface area contributed by atoms with Crippen molar-refractivity contribution in [2.45, 2.75) is 149 Å². The van der Waals surface area contributed by atoms with Crippen molar-refractivity contribution in [2.24, 2.45) is 50.7 Å². The molecule has 2 spiro atoms. The highest BCUT2D eigenvalue weighted by Crippen LogP contribution is 2.89. The lowest BCUT2D eigenvalue weighted by molar-refractivity contribution is -0.243. The Morgan fingerprint density at radius 2 is 1.71 bits per heavy atom. The second-order valence-corrected chi connectivity index (χ2v) is 20.8. The summed E-state index contributed by atoms with van der Waals surface area (Å²) in [5.74, 6) is 0.844. The van der Waals surface area contributed by atoms with Gasteiger partial charge >= 0.3 is 5.97 Å². The first-order valence-electron chi connectivity index (χ1n) is 18.6. The van der Waals surface area contributed by atoms with Crippen molar-refractivity contribution < 1.29 is 42.4 Å². The minimum absolute atomic E-state index is 0.0108. The minimum Gasteiger partial charge on any atom is -0.457 e. The fourth-order valence-electron chi connectivity index (χ4n) is 13.8. The Balaban J connectivity index is 1.13. The number of aliphatic hydroxyl groups excluding tert-OH is 1. The van der Waals surface area contributed by atoms with E-state index in [2.05, 4.69) is 34.6 Å². The second kappa shape index (κ2) is 11.1. The normalized spacial score (nSPS) is 50.6. The van der Waals surface area contributed by atoms with Crippen LogP contribution in [0.5, 0.6) is 0 Å². The van der Waals surface area contributed by atoms with E-state index >= 15 is 0 Å². The molecule has 48 heavy (non-hydrogen) atoms. The van der Waals surface area contributed by atoms with E-state index in [1.165, 1.54) is 30.3 Å². The van der Waals surface area contributed by atoms with Gasteiger partial charge in [0.1, 0.15) is 0 Å². The molecule has 2 saturated heterocycles. The number of esters is 1. The molecule has 2 heterocycles. The molecule has 2 N–H and O–H groups in total. The third-order valence-electron chi connectivity index (χ3n) is 15.9. The average Bonchev–Trinajstić information content (AvgIpc) is 3.61. The van der Waals surface area contributed by atoms with Gasteiger partial charge in [-0.25, -0.2) is 8.42 Å². The van der Waals surface area contributed by atoms with Crippen molar-refractivity contribution >= 4 is 16.0 Å². The first-order chi connectivity index (χ1) is 22.1. The standard InChI is InChI=1S/C37H61NO9S/c1-21-18-23(31(33(5,6)41)45-22(2)39)46-29-28(21)34(7)14-15-37-20-36(37)13-12-26(47-27-19-38(16-17-44-27)48(9,42)43)32(3,4)24(36)10-11-25(37)35(34,8)30(29)40/h21,23-31,40-41H,10-20H2,1-9H3. The smallest absolute Gasteiger partial charge is 0.303 e. The Bertz CT molecular complexity index is 1410. The van der Waals surface area contributed by atoms with E-state index < -0.39 is 46.2 Å². The zero-order valence-corrected chi connectivity index (χ0v) is 31.5. The highest BCUT2D eigenvalue weighted by atomic mass is 32.2. The van der Waals surface area contributed by atoms with Crippen LogP contribution in [0.2, 0.25) is 0 Å². The quantitative estimate of drug-likeness (QED) is 0.386. The average molecular weight is 696 g/mol. The molecule has 0 aromatic rings. The van der Waals surface area contributed by atoms with Crippen molar-refractivity contribution in [3.63, 3.8) is 0 Å². The fraction of sp³-hybridized carbons (Fsp3) is 0.973. The van der Waals surface area contributed by atoms with Crippen LogP contribution in [0.25, 0.3) is 0 Å². The molecule has 5 saturated carbocycles. The second-order valence-electron chi connectivity index (χ2n) is 18.8. The van der Waals surface area contributed by atoms with Crippen molar-refractivity contribution in [3.05, 3.63) is 0 Å². The number of rotatable bonds is 6. The van der Waals surface area contributed by atoms with Crippen LogP contribution in [0.15, 0.2) is 0 Å². The number of aliphatic hydroxyl groups is 2. The van der Waals surface area contributed by atoms with E-state index in [9.17, 15) is 23.4 Å². The molecule has 0 radical (unpaired) electrons. The lowest BCUT2D eigenvalue weighted by Gasteiger charge is -2.64. The summed E-state index contributed by atoms with van der Waals surface area (Å²) in [5, 5.41) is 23.6. The van der Waals surface area contributed by atoms with Gasteiger partial charge in [0.25, 0.3) is 0 Å². The predicted octanol–water partition coefficient (Wildman–Crippen LogP) is 4.51. The number of ether oxygens (including phenoxy) is 4. The van der Waals surface area contributed by atoms with Gasteiger partial charge in [-0.05, 0) is 111 Å². The minimum atomic E-state index is -3.30. The summed E-state index contributed by atoms with van der Waals surface area (Å²) in [4.78, 5) is 12.1. The van der Waals surface area contributed by atoms with Crippen LogP contribution in [-0.4, -0.2) is 97.3 Å². The Morgan fingerprint density at radius 3 is 2.35 bits per heavy atom. The SMILES string of the molecule is CC(=O)OC(C1CC(C)C2C(O1)C(O)C1(C)C3CCC4C(C)(C)C(OC5CN(S(C)(=O)=O)CCO5)CCC45CC35CCC21C)C(C)(C)O. The van der Waals surface area contributed by atoms with Gasteiger partial charge in [0.2, 0.25) is 10.0 Å². The molecule has 0 amide bonds. The van der Waals surface area contributed by atoms with E-state index in [0.29, 0.717) is 31.4 Å². The lowest BCUT2D eigenvalue weighted by atomic mass is 9.41. The summed E-state index contributed by atoms with van der Waals surface area (Å²) in [6, 6.07) is 0. The molecule has 11 heteroatoms. The highest BCUT2D eigenvalue weighted by molar-refractivity contribution is 7.88.